The van der Waals surface area contributed by atoms with Gasteiger partial charge in [-0.15, -0.1) is 6.58 Å². The molecule has 2 atom stereocenters. The molecule has 0 saturated heterocycles. The lowest BCUT2D eigenvalue weighted by atomic mass is 10.1. The van der Waals surface area contributed by atoms with E-state index in [0.29, 0.717) is 12.1 Å². The third-order valence-electron chi connectivity index (χ3n) is 2.33. The Balaban J connectivity index is 3.86. The van der Waals surface area contributed by atoms with Crippen LogP contribution in [0.2, 0.25) is 0 Å². The summed E-state index contributed by atoms with van der Waals surface area (Å²) in [5, 5.41) is 3.52. The van der Waals surface area contributed by atoms with Crippen molar-refractivity contribution in [2.45, 2.75) is 52.2 Å². The summed E-state index contributed by atoms with van der Waals surface area (Å²) in [5.41, 5.74) is 0. The summed E-state index contributed by atoms with van der Waals surface area (Å²) in [6.07, 6.45) is 5.61. The van der Waals surface area contributed by atoms with E-state index in [0.717, 1.165) is 26.0 Å². The summed E-state index contributed by atoms with van der Waals surface area (Å²) in [6.45, 7) is 12.0. The van der Waals surface area contributed by atoms with Gasteiger partial charge in [0.15, 0.2) is 0 Å². The maximum Gasteiger partial charge on any atom is 0.0699 e. The molecule has 0 spiro atoms. The van der Waals surface area contributed by atoms with Gasteiger partial charge in [-0.05, 0) is 39.7 Å². The number of hydrogen-bond acceptors (Lipinski definition) is 2. The molecule has 0 radical (unpaired) electrons. The Labute approximate surface area is 88.7 Å². The normalized spacial score (nSPS) is 15.1. The molecule has 0 aliphatic carbocycles. The topological polar surface area (TPSA) is 21.3 Å². The van der Waals surface area contributed by atoms with Crippen molar-refractivity contribution in [3.8, 4) is 0 Å². The average Bonchev–Trinajstić information content (AvgIpc) is 2.18. The molecule has 0 heterocycles. The fraction of sp³-hybridized carbons (Fsp3) is 0.833. The highest BCUT2D eigenvalue weighted by Crippen LogP contribution is 2.06. The van der Waals surface area contributed by atoms with Crippen molar-refractivity contribution < 1.29 is 4.74 Å². The van der Waals surface area contributed by atoms with Gasteiger partial charge in [-0.3, -0.25) is 0 Å². The second kappa shape index (κ2) is 9.22. The molecule has 0 aromatic carbocycles. The van der Waals surface area contributed by atoms with Crippen molar-refractivity contribution in [1.29, 1.82) is 0 Å². The standard InChI is InChI=1S/C12H25NO/c1-5-8-9-12(13-10-6-2)11(4)14-7-3/h5,11-13H,1,6-10H2,2-4H3. The van der Waals surface area contributed by atoms with Crippen LogP contribution in [-0.4, -0.2) is 25.3 Å². The first-order valence-corrected chi connectivity index (χ1v) is 5.72. The molecule has 0 fully saturated rings. The van der Waals surface area contributed by atoms with E-state index in [1.165, 1.54) is 6.42 Å². The van der Waals surface area contributed by atoms with Gasteiger partial charge in [0.1, 0.15) is 0 Å². The minimum Gasteiger partial charge on any atom is -0.377 e. The molecule has 0 bridgehead atoms. The average molecular weight is 199 g/mol. The monoisotopic (exact) mass is 199 g/mol. The van der Waals surface area contributed by atoms with Crippen molar-refractivity contribution in [2.24, 2.45) is 0 Å². The summed E-state index contributed by atoms with van der Waals surface area (Å²) in [6, 6.07) is 0.466. The number of allylic oxidation sites excluding steroid dienone is 1. The van der Waals surface area contributed by atoms with Gasteiger partial charge in [0.2, 0.25) is 0 Å². The molecule has 0 aliphatic heterocycles. The van der Waals surface area contributed by atoms with Crippen molar-refractivity contribution in [1.82, 2.24) is 5.32 Å². The van der Waals surface area contributed by atoms with Crippen LogP contribution in [0, 0.1) is 0 Å². The van der Waals surface area contributed by atoms with Crippen molar-refractivity contribution >= 4 is 0 Å². The van der Waals surface area contributed by atoms with Gasteiger partial charge in [-0.1, -0.05) is 13.0 Å². The Morgan fingerprint density at radius 2 is 2.14 bits per heavy atom. The van der Waals surface area contributed by atoms with Gasteiger partial charge in [0, 0.05) is 12.6 Å². The predicted molar refractivity (Wildman–Crippen MR) is 62.6 cm³/mol. The minimum atomic E-state index is 0.298. The Morgan fingerprint density at radius 3 is 2.64 bits per heavy atom. The second-order valence-electron chi connectivity index (χ2n) is 3.59. The minimum absolute atomic E-state index is 0.298. The Morgan fingerprint density at radius 1 is 1.43 bits per heavy atom. The SMILES string of the molecule is C=CCCC(NCCC)C(C)OCC. The molecular formula is C12H25NO. The first kappa shape index (κ1) is 13.7. The molecule has 2 nitrogen and oxygen atoms in total. The van der Waals surface area contributed by atoms with Gasteiger partial charge >= 0.3 is 0 Å². The first-order valence-electron chi connectivity index (χ1n) is 5.72. The van der Waals surface area contributed by atoms with Crippen LogP contribution in [0.4, 0.5) is 0 Å². The first-order chi connectivity index (χ1) is 6.76. The Bertz CT molecular complexity index is 136. The third kappa shape index (κ3) is 6.17. The second-order valence-corrected chi connectivity index (χ2v) is 3.59. The lowest BCUT2D eigenvalue weighted by Gasteiger charge is -2.24. The van der Waals surface area contributed by atoms with E-state index in [1.807, 2.05) is 13.0 Å². The van der Waals surface area contributed by atoms with Crippen LogP contribution in [0.15, 0.2) is 12.7 Å². The van der Waals surface area contributed by atoms with E-state index in [-0.39, 0.29) is 0 Å². The molecule has 0 amide bonds. The Kier molecular flexibility index (Phi) is 9.00. The quantitative estimate of drug-likeness (QED) is 0.577. The molecule has 2 unspecified atom stereocenters. The van der Waals surface area contributed by atoms with Crippen LogP contribution in [0.3, 0.4) is 0 Å². The van der Waals surface area contributed by atoms with Gasteiger partial charge < -0.3 is 10.1 Å². The maximum atomic E-state index is 5.60. The molecule has 14 heavy (non-hydrogen) atoms. The van der Waals surface area contributed by atoms with E-state index in [1.54, 1.807) is 0 Å². The number of ether oxygens (including phenoxy) is 1. The smallest absolute Gasteiger partial charge is 0.0699 e. The van der Waals surface area contributed by atoms with E-state index in [9.17, 15) is 0 Å². The lowest BCUT2D eigenvalue weighted by molar-refractivity contribution is 0.0455. The van der Waals surface area contributed by atoms with E-state index >= 15 is 0 Å². The number of nitrogens with one attached hydrogen (secondary N) is 1. The molecule has 0 aromatic rings. The third-order valence-corrected chi connectivity index (χ3v) is 2.33. The van der Waals surface area contributed by atoms with Gasteiger partial charge in [0.25, 0.3) is 0 Å². The van der Waals surface area contributed by atoms with Crippen LogP contribution >= 0.6 is 0 Å². The molecule has 1 N–H and O–H groups in total. The zero-order valence-electron chi connectivity index (χ0n) is 9.88. The van der Waals surface area contributed by atoms with Gasteiger partial charge in [-0.25, -0.2) is 0 Å². The zero-order chi connectivity index (χ0) is 10.8. The van der Waals surface area contributed by atoms with Crippen molar-refractivity contribution in [2.75, 3.05) is 13.2 Å². The largest absolute Gasteiger partial charge is 0.377 e. The maximum absolute atomic E-state index is 5.60. The summed E-state index contributed by atoms with van der Waals surface area (Å²) in [4.78, 5) is 0. The molecule has 0 aromatic heterocycles. The summed E-state index contributed by atoms with van der Waals surface area (Å²) < 4.78 is 5.60. The number of rotatable bonds is 9. The van der Waals surface area contributed by atoms with E-state index < -0.39 is 0 Å². The zero-order valence-corrected chi connectivity index (χ0v) is 9.88. The molecular weight excluding hydrogens is 174 g/mol. The van der Waals surface area contributed by atoms with Crippen molar-refractivity contribution in [3.05, 3.63) is 12.7 Å². The Hall–Kier alpha value is -0.340. The summed E-state index contributed by atoms with van der Waals surface area (Å²) in [5.74, 6) is 0. The fourth-order valence-electron chi connectivity index (χ4n) is 1.51. The molecule has 0 rings (SSSR count). The van der Waals surface area contributed by atoms with Crippen LogP contribution in [0.1, 0.15) is 40.0 Å². The van der Waals surface area contributed by atoms with Crippen LogP contribution in [0.5, 0.6) is 0 Å². The highest BCUT2D eigenvalue weighted by atomic mass is 16.5. The van der Waals surface area contributed by atoms with E-state index in [2.05, 4.69) is 25.7 Å². The number of hydrogen-bond donors (Lipinski definition) is 1. The summed E-state index contributed by atoms with van der Waals surface area (Å²) >= 11 is 0. The van der Waals surface area contributed by atoms with Crippen LogP contribution < -0.4 is 5.32 Å². The fourth-order valence-corrected chi connectivity index (χ4v) is 1.51. The highest BCUT2D eigenvalue weighted by molar-refractivity contribution is 4.78. The van der Waals surface area contributed by atoms with Crippen LogP contribution in [-0.2, 0) is 4.74 Å². The van der Waals surface area contributed by atoms with Gasteiger partial charge in [-0.2, -0.15) is 0 Å². The molecule has 2 heteroatoms. The van der Waals surface area contributed by atoms with Crippen LogP contribution in [0.25, 0.3) is 0 Å². The lowest BCUT2D eigenvalue weighted by Crippen LogP contribution is -2.40. The van der Waals surface area contributed by atoms with Crippen molar-refractivity contribution in [3.63, 3.8) is 0 Å². The highest BCUT2D eigenvalue weighted by Gasteiger charge is 2.15. The predicted octanol–water partition coefficient (Wildman–Crippen LogP) is 2.75. The molecule has 84 valence electrons. The van der Waals surface area contributed by atoms with E-state index in [4.69, 9.17) is 4.74 Å². The van der Waals surface area contributed by atoms with Gasteiger partial charge in [0.05, 0.1) is 6.10 Å². The molecule has 0 saturated carbocycles. The molecule has 0 aliphatic rings. The summed E-state index contributed by atoms with van der Waals surface area (Å²) in [7, 11) is 0.